The largest absolute Gasteiger partial charge is 0.415 e. The number of nitrogens with two attached hydrogens (primary N) is 1. The van der Waals surface area contributed by atoms with Crippen molar-refractivity contribution in [3.8, 4) is 0 Å². The van der Waals surface area contributed by atoms with E-state index in [1.807, 2.05) is 0 Å². The predicted molar refractivity (Wildman–Crippen MR) is 73.0 cm³/mol. The van der Waals surface area contributed by atoms with E-state index >= 15 is 0 Å². The first-order valence-electron chi connectivity index (χ1n) is 5.38. The van der Waals surface area contributed by atoms with Crippen LogP contribution in [-0.2, 0) is 11.3 Å². The minimum Gasteiger partial charge on any atom is -0.415 e. The van der Waals surface area contributed by atoms with Crippen LogP contribution < -0.4 is 11.1 Å². The number of amides is 1. The standard InChI is InChI=1S/C11H11ClN4O2S/c12-7-3-1-2-4-8(7)14-9(17)6-19-11-16-15-10(5-13)18-11/h1-4H,5-6,13H2,(H,14,17). The zero-order valence-corrected chi connectivity index (χ0v) is 11.4. The molecular weight excluding hydrogens is 288 g/mol. The smallest absolute Gasteiger partial charge is 0.277 e. The van der Waals surface area contributed by atoms with E-state index in [-0.39, 0.29) is 18.2 Å². The van der Waals surface area contributed by atoms with Crippen LogP contribution in [0.1, 0.15) is 5.89 Å². The SMILES string of the molecule is NCc1nnc(SCC(=O)Nc2ccccc2Cl)o1. The number of thioether (sulfide) groups is 1. The van der Waals surface area contributed by atoms with E-state index in [9.17, 15) is 4.79 Å². The fourth-order valence-electron chi connectivity index (χ4n) is 1.26. The van der Waals surface area contributed by atoms with Crippen LogP contribution in [0.5, 0.6) is 0 Å². The third kappa shape index (κ3) is 3.95. The Morgan fingerprint density at radius 2 is 2.21 bits per heavy atom. The number of nitrogens with one attached hydrogen (secondary N) is 1. The summed E-state index contributed by atoms with van der Waals surface area (Å²) in [5, 5.41) is 10.9. The molecule has 2 rings (SSSR count). The van der Waals surface area contributed by atoms with Gasteiger partial charge in [0, 0.05) is 0 Å². The van der Waals surface area contributed by atoms with Crippen molar-refractivity contribution in [1.29, 1.82) is 0 Å². The van der Waals surface area contributed by atoms with Gasteiger partial charge in [-0.1, -0.05) is 35.5 Å². The first-order valence-corrected chi connectivity index (χ1v) is 6.75. The number of rotatable bonds is 5. The highest BCUT2D eigenvalue weighted by molar-refractivity contribution is 7.99. The summed E-state index contributed by atoms with van der Waals surface area (Å²) in [6.07, 6.45) is 0. The summed E-state index contributed by atoms with van der Waals surface area (Å²) in [5.74, 6) is 0.289. The third-order valence-electron chi connectivity index (χ3n) is 2.10. The Kier molecular flexibility index (Phi) is 4.78. The molecule has 1 aromatic heterocycles. The molecule has 0 fully saturated rings. The number of hydrogen-bond acceptors (Lipinski definition) is 6. The van der Waals surface area contributed by atoms with Crippen LogP contribution in [0.2, 0.25) is 5.02 Å². The molecule has 0 atom stereocenters. The minimum atomic E-state index is -0.203. The summed E-state index contributed by atoms with van der Waals surface area (Å²) in [7, 11) is 0. The fourth-order valence-corrected chi connectivity index (χ4v) is 2.02. The van der Waals surface area contributed by atoms with Crippen LogP contribution in [0.3, 0.4) is 0 Å². The maximum Gasteiger partial charge on any atom is 0.277 e. The Labute approximate surface area is 118 Å². The van der Waals surface area contributed by atoms with Gasteiger partial charge in [-0.15, -0.1) is 10.2 Å². The van der Waals surface area contributed by atoms with Crippen LogP contribution in [0.4, 0.5) is 5.69 Å². The molecule has 0 saturated heterocycles. The second kappa shape index (κ2) is 6.55. The Bertz CT molecular complexity index is 575. The molecule has 0 bridgehead atoms. The molecule has 0 aliphatic heterocycles. The fraction of sp³-hybridized carbons (Fsp3) is 0.182. The number of aromatic nitrogens is 2. The Morgan fingerprint density at radius 1 is 1.42 bits per heavy atom. The summed E-state index contributed by atoms with van der Waals surface area (Å²) in [4.78, 5) is 11.7. The van der Waals surface area contributed by atoms with Gasteiger partial charge in [0.1, 0.15) is 0 Å². The number of anilines is 1. The molecule has 8 heteroatoms. The average Bonchev–Trinajstić information content (AvgIpc) is 2.87. The van der Waals surface area contributed by atoms with Gasteiger partial charge in [0.05, 0.1) is 23.0 Å². The van der Waals surface area contributed by atoms with Gasteiger partial charge >= 0.3 is 0 Å². The topological polar surface area (TPSA) is 94.0 Å². The van der Waals surface area contributed by atoms with Gasteiger partial charge in [0.2, 0.25) is 11.8 Å². The van der Waals surface area contributed by atoms with Gasteiger partial charge in [0.15, 0.2) is 0 Å². The number of hydrogen-bond donors (Lipinski definition) is 2. The van der Waals surface area contributed by atoms with E-state index in [2.05, 4.69) is 15.5 Å². The molecule has 19 heavy (non-hydrogen) atoms. The molecule has 0 saturated carbocycles. The number of carbonyl (C=O) groups is 1. The first-order chi connectivity index (χ1) is 9.19. The number of benzene rings is 1. The molecule has 0 aliphatic rings. The van der Waals surface area contributed by atoms with Gasteiger partial charge in [-0.3, -0.25) is 4.79 Å². The first kappa shape index (κ1) is 13.9. The van der Waals surface area contributed by atoms with Gasteiger partial charge in [-0.25, -0.2) is 0 Å². The molecule has 1 aromatic carbocycles. The zero-order chi connectivity index (χ0) is 13.7. The summed E-state index contributed by atoms with van der Waals surface area (Å²) >= 11 is 7.07. The summed E-state index contributed by atoms with van der Waals surface area (Å²) < 4.78 is 5.17. The Hall–Kier alpha value is -1.57. The van der Waals surface area contributed by atoms with E-state index in [1.54, 1.807) is 24.3 Å². The molecule has 0 unspecified atom stereocenters. The molecule has 0 spiro atoms. The molecule has 100 valence electrons. The van der Waals surface area contributed by atoms with Crippen LogP contribution in [0.15, 0.2) is 33.9 Å². The molecule has 2 aromatic rings. The normalized spacial score (nSPS) is 10.4. The van der Waals surface area contributed by atoms with Gasteiger partial charge in [-0.05, 0) is 12.1 Å². The van der Waals surface area contributed by atoms with Crippen molar-refractivity contribution in [1.82, 2.24) is 10.2 Å². The summed E-state index contributed by atoms with van der Waals surface area (Å²) in [5.41, 5.74) is 5.91. The van der Waals surface area contributed by atoms with Crippen molar-refractivity contribution in [2.75, 3.05) is 11.1 Å². The molecule has 3 N–H and O–H groups in total. The lowest BCUT2D eigenvalue weighted by atomic mass is 10.3. The number of halogens is 1. The maximum atomic E-state index is 11.7. The van der Waals surface area contributed by atoms with Crippen LogP contribution >= 0.6 is 23.4 Å². The van der Waals surface area contributed by atoms with Crippen molar-refractivity contribution < 1.29 is 9.21 Å². The van der Waals surface area contributed by atoms with Crippen molar-refractivity contribution in [2.45, 2.75) is 11.8 Å². The van der Waals surface area contributed by atoms with Crippen LogP contribution in [0.25, 0.3) is 0 Å². The predicted octanol–water partition coefficient (Wildman–Crippen LogP) is 1.91. The van der Waals surface area contributed by atoms with Gasteiger partial charge < -0.3 is 15.5 Å². The van der Waals surface area contributed by atoms with Crippen molar-refractivity contribution in [3.05, 3.63) is 35.2 Å². The lowest BCUT2D eigenvalue weighted by Crippen LogP contribution is -2.14. The van der Waals surface area contributed by atoms with E-state index in [1.165, 1.54) is 0 Å². The molecule has 0 aliphatic carbocycles. The summed E-state index contributed by atoms with van der Waals surface area (Å²) in [6.45, 7) is 0.180. The van der Waals surface area contributed by atoms with E-state index in [0.717, 1.165) is 11.8 Å². The number of nitrogens with zero attached hydrogens (tertiary/aromatic N) is 2. The quantitative estimate of drug-likeness (QED) is 0.819. The van der Waals surface area contributed by atoms with Gasteiger partial charge in [-0.2, -0.15) is 0 Å². The Balaban J connectivity index is 1.86. The number of para-hydroxylation sites is 1. The van der Waals surface area contributed by atoms with Crippen LogP contribution in [-0.4, -0.2) is 21.9 Å². The number of carbonyl (C=O) groups excluding carboxylic acids is 1. The summed E-state index contributed by atoms with van der Waals surface area (Å²) in [6, 6.07) is 7.01. The second-order valence-corrected chi connectivity index (χ2v) is 4.82. The van der Waals surface area contributed by atoms with Crippen LogP contribution in [0, 0.1) is 0 Å². The average molecular weight is 299 g/mol. The highest BCUT2D eigenvalue weighted by Crippen LogP contribution is 2.21. The maximum absolute atomic E-state index is 11.7. The minimum absolute atomic E-state index is 0.150. The lowest BCUT2D eigenvalue weighted by Gasteiger charge is -2.05. The third-order valence-corrected chi connectivity index (χ3v) is 3.25. The highest BCUT2D eigenvalue weighted by Gasteiger charge is 2.10. The molecular formula is C11H11ClN4O2S. The molecule has 0 radical (unpaired) electrons. The Morgan fingerprint density at radius 3 is 2.89 bits per heavy atom. The van der Waals surface area contributed by atoms with Gasteiger partial charge in [0.25, 0.3) is 5.22 Å². The lowest BCUT2D eigenvalue weighted by molar-refractivity contribution is -0.113. The molecule has 1 amide bonds. The van der Waals surface area contributed by atoms with Crippen molar-refractivity contribution in [3.63, 3.8) is 0 Å². The van der Waals surface area contributed by atoms with E-state index in [0.29, 0.717) is 21.8 Å². The van der Waals surface area contributed by atoms with Crippen molar-refractivity contribution in [2.24, 2.45) is 5.73 Å². The van der Waals surface area contributed by atoms with Crippen molar-refractivity contribution >= 4 is 35.0 Å². The molecule has 6 nitrogen and oxygen atoms in total. The zero-order valence-electron chi connectivity index (χ0n) is 9.80. The monoisotopic (exact) mass is 298 g/mol. The van der Waals surface area contributed by atoms with E-state index in [4.69, 9.17) is 21.8 Å². The molecule has 1 heterocycles. The van der Waals surface area contributed by atoms with E-state index < -0.39 is 0 Å². The second-order valence-electron chi connectivity index (χ2n) is 3.48. The highest BCUT2D eigenvalue weighted by atomic mass is 35.5.